The molecule has 5 nitrogen and oxygen atoms in total. The summed E-state index contributed by atoms with van der Waals surface area (Å²) < 4.78 is 5.39. The first-order valence-corrected chi connectivity index (χ1v) is 9.56. The average molecular weight is 345 g/mol. The van der Waals surface area contributed by atoms with E-state index in [-0.39, 0.29) is 5.91 Å². The van der Waals surface area contributed by atoms with Gasteiger partial charge >= 0.3 is 0 Å². The van der Waals surface area contributed by atoms with Crippen molar-refractivity contribution in [2.24, 2.45) is 0 Å². The van der Waals surface area contributed by atoms with Crippen LogP contribution in [0, 0.1) is 6.92 Å². The minimum Gasteiger partial charge on any atom is -0.379 e. The van der Waals surface area contributed by atoms with E-state index in [1.165, 1.54) is 11.1 Å². The first kappa shape index (κ1) is 18.4. The van der Waals surface area contributed by atoms with E-state index in [0.717, 1.165) is 65.3 Å². The molecule has 0 bridgehead atoms. The van der Waals surface area contributed by atoms with Gasteiger partial charge in [0.2, 0.25) is 5.91 Å². The summed E-state index contributed by atoms with van der Waals surface area (Å²) in [5.41, 5.74) is 2.50. The summed E-state index contributed by atoms with van der Waals surface area (Å²) in [4.78, 5) is 17.2. The number of ether oxygens (including phenoxy) is 1. The Morgan fingerprint density at radius 2 is 2.00 bits per heavy atom. The van der Waals surface area contributed by atoms with Crippen LogP contribution in [0.3, 0.4) is 0 Å². The molecule has 0 aliphatic carbocycles. The number of morpholine rings is 1. The number of carbonyl (C=O) groups is 1. The zero-order valence-corrected chi connectivity index (χ0v) is 15.4. The number of rotatable bonds is 7. The van der Waals surface area contributed by atoms with Crippen LogP contribution in [0.15, 0.2) is 24.3 Å². The number of amides is 1. The van der Waals surface area contributed by atoms with Crippen LogP contribution in [-0.4, -0.2) is 74.2 Å². The number of likely N-dealkylation sites (tertiary alicyclic amines) is 1. The Bertz CT molecular complexity index is 558. The van der Waals surface area contributed by atoms with E-state index < -0.39 is 0 Å². The van der Waals surface area contributed by atoms with Crippen molar-refractivity contribution >= 4 is 5.91 Å². The summed E-state index contributed by atoms with van der Waals surface area (Å²) >= 11 is 0. The molecule has 2 aliphatic rings. The van der Waals surface area contributed by atoms with Gasteiger partial charge in [0.15, 0.2) is 0 Å². The van der Waals surface area contributed by atoms with E-state index in [9.17, 15) is 4.79 Å². The van der Waals surface area contributed by atoms with Gasteiger partial charge in [0.05, 0.1) is 13.2 Å². The summed E-state index contributed by atoms with van der Waals surface area (Å²) in [6, 6.07) is 8.73. The van der Waals surface area contributed by atoms with Crippen LogP contribution in [0.25, 0.3) is 0 Å². The van der Waals surface area contributed by atoms with Crippen LogP contribution in [0.2, 0.25) is 0 Å². The number of carbonyl (C=O) groups excluding carboxylic acids is 1. The molecule has 2 fully saturated rings. The highest BCUT2D eigenvalue weighted by Crippen LogP contribution is 2.11. The normalized spacial score (nSPS) is 22.2. The smallest absolute Gasteiger partial charge is 0.220 e. The SMILES string of the molecule is Cc1cccc(CCC(=O)N[C@@H]2CCN(CCN3CCOCC3)C2)c1. The first-order chi connectivity index (χ1) is 12.2. The molecule has 2 aliphatic heterocycles. The molecule has 0 saturated carbocycles. The highest BCUT2D eigenvalue weighted by atomic mass is 16.5. The fourth-order valence-corrected chi connectivity index (χ4v) is 3.69. The van der Waals surface area contributed by atoms with Gasteiger partial charge in [-0.15, -0.1) is 0 Å². The van der Waals surface area contributed by atoms with Crippen molar-refractivity contribution in [2.45, 2.75) is 32.2 Å². The third kappa shape index (κ3) is 6.10. The van der Waals surface area contributed by atoms with Crippen molar-refractivity contribution in [3.63, 3.8) is 0 Å². The molecular weight excluding hydrogens is 314 g/mol. The zero-order valence-electron chi connectivity index (χ0n) is 15.4. The molecule has 0 radical (unpaired) electrons. The number of hydrogen-bond donors (Lipinski definition) is 1. The molecule has 0 aromatic heterocycles. The van der Waals surface area contributed by atoms with Gasteiger partial charge in [-0.3, -0.25) is 14.6 Å². The van der Waals surface area contributed by atoms with Gasteiger partial charge in [0.1, 0.15) is 0 Å². The average Bonchev–Trinajstić information content (AvgIpc) is 3.06. The van der Waals surface area contributed by atoms with E-state index in [1.807, 2.05) is 0 Å². The Kier molecular flexibility index (Phi) is 6.84. The van der Waals surface area contributed by atoms with Gasteiger partial charge in [-0.05, 0) is 25.3 Å². The maximum atomic E-state index is 12.2. The zero-order chi connectivity index (χ0) is 17.5. The van der Waals surface area contributed by atoms with Crippen LogP contribution in [0.1, 0.15) is 24.0 Å². The molecule has 1 amide bonds. The fraction of sp³-hybridized carbons (Fsp3) is 0.650. The summed E-state index contributed by atoms with van der Waals surface area (Å²) in [5, 5.41) is 3.22. The van der Waals surface area contributed by atoms with E-state index in [4.69, 9.17) is 4.74 Å². The van der Waals surface area contributed by atoms with E-state index in [0.29, 0.717) is 12.5 Å². The Morgan fingerprint density at radius 3 is 2.80 bits per heavy atom. The van der Waals surface area contributed by atoms with Crippen molar-refractivity contribution in [1.29, 1.82) is 0 Å². The minimum absolute atomic E-state index is 0.182. The molecular formula is C20H31N3O2. The molecule has 1 N–H and O–H groups in total. The Hall–Kier alpha value is -1.43. The second-order valence-electron chi connectivity index (χ2n) is 7.30. The topological polar surface area (TPSA) is 44.8 Å². The van der Waals surface area contributed by atoms with Gasteiger partial charge in [0.25, 0.3) is 0 Å². The third-order valence-electron chi connectivity index (χ3n) is 5.20. The fourth-order valence-electron chi connectivity index (χ4n) is 3.69. The first-order valence-electron chi connectivity index (χ1n) is 9.56. The molecule has 1 atom stereocenters. The summed E-state index contributed by atoms with van der Waals surface area (Å²) in [6.07, 6.45) is 2.47. The number of aryl methyl sites for hydroxylation is 2. The molecule has 25 heavy (non-hydrogen) atoms. The second kappa shape index (κ2) is 9.32. The summed E-state index contributed by atoms with van der Waals surface area (Å²) in [7, 11) is 0. The molecule has 3 rings (SSSR count). The van der Waals surface area contributed by atoms with Crippen LogP contribution < -0.4 is 5.32 Å². The van der Waals surface area contributed by atoms with Crippen molar-refractivity contribution < 1.29 is 9.53 Å². The van der Waals surface area contributed by atoms with Gasteiger partial charge in [-0.2, -0.15) is 0 Å². The van der Waals surface area contributed by atoms with Gasteiger partial charge in [-0.25, -0.2) is 0 Å². The maximum absolute atomic E-state index is 12.2. The largest absolute Gasteiger partial charge is 0.379 e. The molecule has 138 valence electrons. The van der Waals surface area contributed by atoms with E-state index in [1.54, 1.807) is 0 Å². The van der Waals surface area contributed by atoms with Crippen molar-refractivity contribution in [3.8, 4) is 0 Å². The van der Waals surface area contributed by atoms with Crippen molar-refractivity contribution in [1.82, 2.24) is 15.1 Å². The number of nitrogens with one attached hydrogen (secondary N) is 1. The lowest BCUT2D eigenvalue weighted by atomic mass is 10.1. The molecule has 2 heterocycles. The molecule has 0 spiro atoms. The second-order valence-corrected chi connectivity index (χ2v) is 7.30. The highest BCUT2D eigenvalue weighted by Gasteiger charge is 2.24. The quantitative estimate of drug-likeness (QED) is 0.812. The maximum Gasteiger partial charge on any atom is 0.220 e. The van der Waals surface area contributed by atoms with E-state index >= 15 is 0 Å². The van der Waals surface area contributed by atoms with Crippen molar-refractivity contribution in [3.05, 3.63) is 35.4 Å². The Labute approximate surface area is 151 Å². The van der Waals surface area contributed by atoms with Gasteiger partial charge in [-0.1, -0.05) is 29.8 Å². The summed E-state index contributed by atoms with van der Waals surface area (Å²) in [5.74, 6) is 0.182. The Morgan fingerprint density at radius 1 is 1.20 bits per heavy atom. The number of benzene rings is 1. The standard InChI is InChI=1S/C20H31N3O2/c1-17-3-2-4-18(15-17)5-6-20(24)21-19-7-8-23(16-19)10-9-22-11-13-25-14-12-22/h2-4,15,19H,5-14,16H2,1H3,(H,21,24)/t19-/m1/s1. The molecule has 2 saturated heterocycles. The van der Waals surface area contributed by atoms with Crippen molar-refractivity contribution in [2.75, 3.05) is 52.5 Å². The Balaban J connectivity index is 1.32. The third-order valence-corrected chi connectivity index (χ3v) is 5.20. The number of nitrogens with zero attached hydrogens (tertiary/aromatic N) is 2. The van der Waals surface area contributed by atoms with Crippen LogP contribution in [0.5, 0.6) is 0 Å². The van der Waals surface area contributed by atoms with Crippen LogP contribution >= 0.6 is 0 Å². The predicted molar refractivity (Wildman–Crippen MR) is 99.7 cm³/mol. The molecule has 5 heteroatoms. The summed E-state index contributed by atoms with van der Waals surface area (Å²) in [6.45, 7) is 10.2. The predicted octanol–water partition coefficient (Wildman–Crippen LogP) is 1.45. The van der Waals surface area contributed by atoms with Gasteiger partial charge < -0.3 is 10.1 Å². The monoisotopic (exact) mass is 345 g/mol. The lowest BCUT2D eigenvalue weighted by Crippen LogP contribution is -2.42. The highest BCUT2D eigenvalue weighted by molar-refractivity contribution is 5.76. The molecule has 0 unspecified atom stereocenters. The minimum atomic E-state index is 0.182. The molecule has 1 aromatic rings. The van der Waals surface area contributed by atoms with Crippen LogP contribution in [0.4, 0.5) is 0 Å². The lowest BCUT2D eigenvalue weighted by molar-refractivity contribution is -0.121. The molecule has 1 aromatic carbocycles. The van der Waals surface area contributed by atoms with E-state index in [2.05, 4.69) is 46.3 Å². The number of hydrogen-bond acceptors (Lipinski definition) is 4. The lowest BCUT2D eigenvalue weighted by Gasteiger charge is -2.28. The van der Waals surface area contributed by atoms with Gasteiger partial charge in [0, 0.05) is 51.7 Å². The van der Waals surface area contributed by atoms with Crippen LogP contribution in [-0.2, 0) is 16.0 Å².